The first-order valence-electron chi connectivity index (χ1n) is 20.5. The SMILES string of the molecule is c1ccc(-c2ccccc2-c2ccccc2-c2ccc(N(c3ccc(-c4ccc5cccc(-c6ccccc6)c5c4)cc3)c3ccc4c(c3)sc3ccccc34)cc2)cc1. The lowest BCUT2D eigenvalue weighted by atomic mass is 9.89. The van der Waals surface area contributed by atoms with E-state index in [9.17, 15) is 0 Å². The van der Waals surface area contributed by atoms with E-state index in [-0.39, 0.29) is 0 Å². The van der Waals surface area contributed by atoms with Crippen LogP contribution < -0.4 is 4.90 Å². The second-order valence-corrected chi connectivity index (χ2v) is 16.4. The number of thiophene rings is 1. The largest absolute Gasteiger partial charge is 0.310 e. The summed E-state index contributed by atoms with van der Waals surface area (Å²) in [4.78, 5) is 2.39. The third kappa shape index (κ3) is 6.54. The van der Waals surface area contributed by atoms with Gasteiger partial charge >= 0.3 is 0 Å². The number of nitrogens with zero attached hydrogens (tertiary/aromatic N) is 1. The van der Waals surface area contributed by atoms with Gasteiger partial charge in [-0.3, -0.25) is 0 Å². The first-order valence-corrected chi connectivity index (χ1v) is 21.3. The third-order valence-corrected chi connectivity index (χ3v) is 12.8. The van der Waals surface area contributed by atoms with E-state index in [2.05, 4.69) is 241 Å². The maximum Gasteiger partial charge on any atom is 0.0476 e. The molecule has 0 atom stereocenters. The minimum Gasteiger partial charge on any atom is -0.310 e. The molecule has 11 aromatic rings. The van der Waals surface area contributed by atoms with Gasteiger partial charge in [0.15, 0.2) is 0 Å². The molecule has 1 aromatic heterocycles. The molecule has 0 amide bonds. The number of benzene rings is 10. The molecule has 0 saturated carbocycles. The number of anilines is 3. The fourth-order valence-corrected chi connectivity index (χ4v) is 9.91. The van der Waals surface area contributed by atoms with E-state index in [0.29, 0.717) is 0 Å². The van der Waals surface area contributed by atoms with Crippen molar-refractivity contribution in [2.45, 2.75) is 0 Å². The van der Waals surface area contributed by atoms with Crippen molar-refractivity contribution in [1.82, 2.24) is 0 Å². The maximum atomic E-state index is 2.39. The van der Waals surface area contributed by atoms with Gasteiger partial charge in [-0.2, -0.15) is 0 Å². The first-order chi connectivity index (χ1) is 29.7. The quantitative estimate of drug-likeness (QED) is 0.148. The minimum atomic E-state index is 1.10. The van der Waals surface area contributed by atoms with E-state index < -0.39 is 0 Å². The second kappa shape index (κ2) is 15.3. The molecule has 0 N–H and O–H groups in total. The summed E-state index contributed by atoms with van der Waals surface area (Å²) in [5.41, 5.74) is 15.5. The molecule has 0 bridgehead atoms. The van der Waals surface area contributed by atoms with Gasteiger partial charge in [-0.25, -0.2) is 0 Å². The smallest absolute Gasteiger partial charge is 0.0476 e. The fourth-order valence-electron chi connectivity index (χ4n) is 8.77. The predicted octanol–water partition coefficient (Wildman–Crippen LogP) is 17.0. The van der Waals surface area contributed by atoms with E-state index in [1.807, 2.05) is 11.3 Å². The van der Waals surface area contributed by atoms with E-state index in [1.165, 1.54) is 86.6 Å². The average molecular weight is 782 g/mol. The Hall–Kier alpha value is -7.52. The highest BCUT2D eigenvalue weighted by atomic mass is 32.1. The molecule has 282 valence electrons. The normalized spacial score (nSPS) is 11.3. The number of rotatable bonds is 8. The molecule has 0 saturated heterocycles. The van der Waals surface area contributed by atoms with E-state index in [0.717, 1.165) is 17.1 Å². The summed E-state index contributed by atoms with van der Waals surface area (Å²) < 4.78 is 2.59. The second-order valence-electron chi connectivity index (χ2n) is 15.3. The summed E-state index contributed by atoms with van der Waals surface area (Å²) in [7, 11) is 0. The zero-order valence-corrected chi connectivity index (χ0v) is 33.7. The summed E-state index contributed by atoms with van der Waals surface area (Å²) in [5, 5.41) is 5.10. The molecule has 11 rings (SSSR count). The Labute approximate surface area is 354 Å². The van der Waals surface area contributed by atoms with Gasteiger partial charge in [-0.15, -0.1) is 11.3 Å². The van der Waals surface area contributed by atoms with Crippen LogP contribution in [-0.4, -0.2) is 0 Å². The third-order valence-electron chi connectivity index (χ3n) is 11.7. The van der Waals surface area contributed by atoms with Crippen molar-refractivity contribution in [1.29, 1.82) is 0 Å². The van der Waals surface area contributed by atoms with Crippen LogP contribution in [0.1, 0.15) is 0 Å². The molecule has 1 nitrogen and oxygen atoms in total. The van der Waals surface area contributed by atoms with Crippen LogP contribution in [-0.2, 0) is 0 Å². The van der Waals surface area contributed by atoms with Gasteiger partial charge in [0.05, 0.1) is 0 Å². The van der Waals surface area contributed by atoms with E-state index >= 15 is 0 Å². The van der Waals surface area contributed by atoms with Crippen molar-refractivity contribution in [3.05, 3.63) is 237 Å². The van der Waals surface area contributed by atoms with Crippen molar-refractivity contribution >= 4 is 59.3 Å². The molecule has 0 fully saturated rings. The maximum absolute atomic E-state index is 2.39. The molecular weight excluding hydrogens is 743 g/mol. The van der Waals surface area contributed by atoms with Crippen LogP contribution in [0, 0.1) is 0 Å². The van der Waals surface area contributed by atoms with Gasteiger partial charge in [-0.05, 0) is 115 Å². The number of hydrogen-bond donors (Lipinski definition) is 0. The summed E-state index contributed by atoms with van der Waals surface area (Å²) in [6, 6.07) is 86.1. The molecule has 10 aromatic carbocycles. The zero-order chi connectivity index (χ0) is 39.8. The first kappa shape index (κ1) is 35.6. The standard InChI is InChI=1S/C58H39NS/c1-3-14-41(15-4-1)49-19-7-9-21-52(49)53-22-10-8-20-50(53)44-30-34-47(35-31-44)59(48-36-37-55-54-23-11-12-25-57(54)60-58(55)39-48)46-32-28-40(29-33-46)45-27-26-43-18-13-24-51(56(43)38-45)42-16-5-2-6-17-42/h1-39H. The highest BCUT2D eigenvalue weighted by molar-refractivity contribution is 7.25. The van der Waals surface area contributed by atoms with Crippen molar-refractivity contribution in [3.8, 4) is 55.6 Å². The topological polar surface area (TPSA) is 3.24 Å². The molecule has 0 aliphatic rings. The highest BCUT2D eigenvalue weighted by Gasteiger charge is 2.17. The zero-order valence-electron chi connectivity index (χ0n) is 32.9. The summed E-state index contributed by atoms with van der Waals surface area (Å²) >= 11 is 1.86. The summed E-state index contributed by atoms with van der Waals surface area (Å²) in [5.74, 6) is 0. The van der Waals surface area contributed by atoms with Crippen molar-refractivity contribution < 1.29 is 0 Å². The van der Waals surface area contributed by atoms with Gasteiger partial charge in [0.1, 0.15) is 0 Å². The van der Waals surface area contributed by atoms with Gasteiger partial charge in [0.25, 0.3) is 0 Å². The Kier molecular flexibility index (Phi) is 9.11. The Morgan fingerprint density at radius 2 is 0.733 bits per heavy atom. The average Bonchev–Trinajstić information content (AvgIpc) is 3.70. The van der Waals surface area contributed by atoms with Crippen molar-refractivity contribution in [2.24, 2.45) is 0 Å². The Bertz CT molecular complexity index is 3290. The lowest BCUT2D eigenvalue weighted by Crippen LogP contribution is -2.09. The monoisotopic (exact) mass is 781 g/mol. The van der Waals surface area contributed by atoms with Gasteiger partial charge in [-0.1, -0.05) is 188 Å². The molecule has 0 spiro atoms. The van der Waals surface area contributed by atoms with Crippen LogP contribution in [0.25, 0.3) is 86.6 Å². The van der Waals surface area contributed by atoms with Gasteiger partial charge in [0, 0.05) is 37.2 Å². The van der Waals surface area contributed by atoms with E-state index in [4.69, 9.17) is 0 Å². The lowest BCUT2D eigenvalue weighted by molar-refractivity contribution is 1.29. The predicted molar refractivity (Wildman–Crippen MR) is 259 cm³/mol. The van der Waals surface area contributed by atoms with Crippen LogP contribution in [0.5, 0.6) is 0 Å². The van der Waals surface area contributed by atoms with Crippen molar-refractivity contribution in [3.63, 3.8) is 0 Å². The van der Waals surface area contributed by atoms with Crippen LogP contribution in [0.4, 0.5) is 17.1 Å². The van der Waals surface area contributed by atoms with Crippen LogP contribution >= 0.6 is 11.3 Å². The van der Waals surface area contributed by atoms with E-state index in [1.54, 1.807) is 0 Å². The minimum absolute atomic E-state index is 1.10. The van der Waals surface area contributed by atoms with Crippen LogP contribution in [0.15, 0.2) is 237 Å². The summed E-state index contributed by atoms with van der Waals surface area (Å²) in [6.07, 6.45) is 0. The molecule has 1 heterocycles. The Morgan fingerprint density at radius 3 is 1.40 bits per heavy atom. The molecule has 0 aliphatic heterocycles. The van der Waals surface area contributed by atoms with Crippen molar-refractivity contribution in [2.75, 3.05) is 4.90 Å². The molecule has 0 aliphatic carbocycles. The van der Waals surface area contributed by atoms with Gasteiger partial charge in [0.2, 0.25) is 0 Å². The van der Waals surface area contributed by atoms with Crippen LogP contribution in [0.3, 0.4) is 0 Å². The molecule has 60 heavy (non-hydrogen) atoms. The Balaban J connectivity index is 0.994. The molecule has 0 radical (unpaired) electrons. The molecule has 0 unspecified atom stereocenters. The number of hydrogen-bond acceptors (Lipinski definition) is 2. The lowest BCUT2D eigenvalue weighted by Gasteiger charge is -2.26. The fraction of sp³-hybridized carbons (Fsp3) is 0. The molecule has 2 heteroatoms. The number of fused-ring (bicyclic) bond motifs is 4. The van der Waals surface area contributed by atoms with Gasteiger partial charge < -0.3 is 4.90 Å². The van der Waals surface area contributed by atoms with Crippen LogP contribution in [0.2, 0.25) is 0 Å². The molecular formula is C58H39NS. The Morgan fingerprint density at radius 1 is 0.250 bits per heavy atom. The summed E-state index contributed by atoms with van der Waals surface area (Å²) in [6.45, 7) is 0. The highest BCUT2D eigenvalue weighted by Crippen LogP contribution is 2.43.